The molecule has 0 radical (unpaired) electrons. The lowest BCUT2D eigenvalue weighted by Crippen LogP contribution is -2.41. The molecule has 1 atom stereocenters. The van der Waals surface area contributed by atoms with E-state index < -0.39 is 6.10 Å². The Morgan fingerprint density at radius 1 is 1.30 bits per heavy atom. The number of ether oxygens (including phenoxy) is 1. The zero-order valence-electron chi connectivity index (χ0n) is 14.3. The predicted octanol–water partition coefficient (Wildman–Crippen LogP) is 2.97. The maximum absolute atomic E-state index is 10.2. The van der Waals surface area contributed by atoms with Crippen molar-refractivity contribution in [2.24, 2.45) is 0 Å². The number of aliphatic hydroxyl groups excluding tert-OH is 2. The van der Waals surface area contributed by atoms with E-state index in [1.807, 2.05) is 19.1 Å². The number of aryl methyl sites for hydroxylation is 1. The quantitative estimate of drug-likeness (QED) is 0.835. The third-order valence-corrected chi connectivity index (χ3v) is 4.78. The van der Waals surface area contributed by atoms with Gasteiger partial charge in [0.05, 0.1) is 6.10 Å². The average molecular weight is 342 g/mol. The molecule has 0 bridgehead atoms. The Balaban J connectivity index is 1.91. The van der Waals surface area contributed by atoms with E-state index >= 15 is 0 Å². The number of rotatable bonds is 6. The molecule has 1 aromatic rings. The van der Waals surface area contributed by atoms with Gasteiger partial charge in [-0.05, 0) is 48.9 Å². The van der Waals surface area contributed by atoms with Crippen molar-refractivity contribution in [1.82, 2.24) is 4.90 Å². The number of piperidine rings is 1. The van der Waals surface area contributed by atoms with Gasteiger partial charge in [-0.3, -0.25) is 0 Å². The number of halogens is 1. The highest BCUT2D eigenvalue weighted by atomic mass is 35.5. The molecule has 1 aromatic carbocycles. The Bertz CT molecular complexity index is 513. The number of nitrogens with zero attached hydrogens (tertiary/aromatic N) is 1. The second-order valence-corrected chi connectivity index (χ2v) is 7.20. The van der Waals surface area contributed by atoms with Gasteiger partial charge < -0.3 is 19.8 Å². The molecule has 0 amide bonds. The van der Waals surface area contributed by atoms with E-state index in [-0.39, 0.29) is 12.7 Å². The topological polar surface area (TPSA) is 52.9 Å². The van der Waals surface area contributed by atoms with E-state index in [1.165, 1.54) is 0 Å². The summed E-state index contributed by atoms with van der Waals surface area (Å²) in [7, 11) is 0. The molecule has 2 rings (SSSR count). The summed E-state index contributed by atoms with van der Waals surface area (Å²) in [5, 5.41) is 20.5. The first-order valence-corrected chi connectivity index (χ1v) is 8.76. The van der Waals surface area contributed by atoms with E-state index in [0.717, 1.165) is 47.8 Å². The van der Waals surface area contributed by atoms with Crippen molar-refractivity contribution in [3.8, 4) is 5.75 Å². The summed E-state index contributed by atoms with van der Waals surface area (Å²) < 4.78 is 5.87. The minimum atomic E-state index is -0.541. The predicted molar refractivity (Wildman–Crippen MR) is 93.5 cm³/mol. The van der Waals surface area contributed by atoms with Crippen LogP contribution in [0.3, 0.4) is 0 Å². The van der Waals surface area contributed by atoms with Crippen LogP contribution in [0.2, 0.25) is 5.02 Å². The Morgan fingerprint density at radius 2 is 1.96 bits per heavy atom. The number of hydrogen-bond acceptors (Lipinski definition) is 4. The molecule has 0 aromatic heterocycles. The van der Waals surface area contributed by atoms with Crippen LogP contribution >= 0.6 is 11.6 Å². The Morgan fingerprint density at radius 3 is 2.57 bits per heavy atom. The van der Waals surface area contributed by atoms with Crippen molar-refractivity contribution in [3.63, 3.8) is 0 Å². The fraction of sp³-hybridized carbons (Fsp3) is 0.667. The number of benzene rings is 1. The van der Waals surface area contributed by atoms with Crippen LogP contribution in [0.25, 0.3) is 0 Å². The Hall–Kier alpha value is -0.810. The van der Waals surface area contributed by atoms with Gasteiger partial charge >= 0.3 is 0 Å². The van der Waals surface area contributed by atoms with Crippen molar-refractivity contribution in [2.45, 2.75) is 51.7 Å². The SMILES string of the molecule is Cc1cc(OCC(O)CN2CCC(O)CC2)c(C(C)C)cc1Cl. The third-order valence-electron chi connectivity index (χ3n) is 4.37. The largest absolute Gasteiger partial charge is 0.491 e. The lowest BCUT2D eigenvalue weighted by molar-refractivity contribution is 0.0336. The molecule has 1 aliphatic heterocycles. The van der Waals surface area contributed by atoms with Crippen LogP contribution in [0.15, 0.2) is 12.1 Å². The van der Waals surface area contributed by atoms with Gasteiger partial charge in [-0.15, -0.1) is 0 Å². The lowest BCUT2D eigenvalue weighted by atomic mass is 10.0. The van der Waals surface area contributed by atoms with Crippen molar-refractivity contribution < 1.29 is 14.9 Å². The van der Waals surface area contributed by atoms with E-state index in [1.54, 1.807) is 0 Å². The van der Waals surface area contributed by atoms with Crippen molar-refractivity contribution in [2.75, 3.05) is 26.2 Å². The summed E-state index contributed by atoms with van der Waals surface area (Å²) in [6, 6.07) is 3.90. The van der Waals surface area contributed by atoms with Crippen LogP contribution in [-0.2, 0) is 0 Å². The summed E-state index contributed by atoms with van der Waals surface area (Å²) in [6.45, 7) is 8.66. The second kappa shape index (κ2) is 8.34. The molecule has 1 aliphatic rings. The zero-order chi connectivity index (χ0) is 17.0. The van der Waals surface area contributed by atoms with Gasteiger partial charge in [0.25, 0.3) is 0 Å². The highest BCUT2D eigenvalue weighted by molar-refractivity contribution is 6.31. The van der Waals surface area contributed by atoms with Gasteiger partial charge in [-0.2, -0.15) is 0 Å². The molecule has 130 valence electrons. The van der Waals surface area contributed by atoms with Gasteiger partial charge in [0.1, 0.15) is 18.5 Å². The first-order chi connectivity index (χ1) is 10.9. The van der Waals surface area contributed by atoms with Crippen LogP contribution in [0, 0.1) is 6.92 Å². The molecule has 23 heavy (non-hydrogen) atoms. The van der Waals surface area contributed by atoms with Crippen LogP contribution in [0.4, 0.5) is 0 Å². The third kappa shape index (κ3) is 5.35. The average Bonchev–Trinajstić information content (AvgIpc) is 2.50. The minimum Gasteiger partial charge on any atom is -0.491 e. The molecule has 0 spiro atoms. The highest BCUT2D eigenvalue weighted by Gasteiger charge is 2.20. The van der Waals surface area contributed by atoms with Crippen molar-refractivity contribution in [3.05, 3.63) is 28.3 Å². The molecule has 1 saturated heterocycles. The van der Waals surface area contributed by atoms with E-state index in [4.69, 9.17) is 16.3 Å². The molecule has 4 nitrogen and oxygen atoms in total. The molecule has 1 heterocycles. The summed E-state index contributed by atoms with van der Waals surface area (Å²) in [6.07, 6.45) is 0.828. The molecule has 1 fully saturated rings. The second-order valence-electron chi connectivity index (χ2n) is 6.79. The molecular weight excluding hydrogens is 314 g/mol. The van der Waals surface area contributed by atoms with Crippen molar-refractivity contribution >= 4 is 11.6 Å². The van der Waals surface area contributed by atoms with Gasteiger partial charge in [-0.25, -0.2) is 0 Å². The molecule has 2 N–H and O–H groups in total. The summed E-state index contributed by atoms with van der Waals surface area (Å²) >= 11 is 6.20. The van der Waals surface area contributed by atoms with Gasteiger partial charge in [0.15, 0.2) is 0 Å². The Kier molecular flexibility index (Phi) is 6.72. The summed E-state index contributed by atoms with van der Waals surface area (Å²) in [5.41, 5.74) is 2.04. The van der Waals surface area contributed by atoms with Crippen LogP contribution in [-0.4, -0.2) is 53.6 Å². The number of aliphatic hydroxyl groups is 2. The molecular formula is C18H28ClNO3. The fourth-order valence-electron chi connectivity index (χ4n) is 2.89. The number of β-amino-alcohol motifs (C(OH)–C–C–N with tert-alkyl or cyclic N) is 1. The molecule has 5 heteroatoms. The van der Waals surface area contributed by atoms with E-state index in [0.29, 0.717) is 12.5 Å². The summed E-state index contributed by atoms with van der Waals surface area (Å²) in [4.78, 5) is 2.18. The number of likely N-dealkylation sites (tertiary alicyclic amines) is 1. The normalized spacial score (nSPS) is 18.4. The van der Waals surface area contributed by atoms with Gasteiger partial charge in [0, 0.05) is 24.7 Å². The zero-order valence-corrected chi connectivity index (χ0v) is 15.0. The summed E-state index contributed by atoms with van der Waals surface area (Å²) in [5.74, 6) is 1.11. The van der Waals surface area contributed by atoms with Crippen LogP contribution < -0.4 is 4.74 Å². The molecule has 1 unspecified atom stereocenters. The fourth-order valence-corrected chi connectivity index (χ4v) is 3.06. The molecule has 0 aliphatic carbocycles. The number of hydrogen-bond donors (Lipinski definition) is 2. The van der Waals surface area contributed by atoms with Gasteiger partial charge in [0.2, 0.25) is 0 Å². The minimum absolute atomic E-state index is 0.190. The standard InChI is InChI=1S/C18H28ClNO3/c1-12(2)16-9-17(19)13(3)8-18(16)23-11-15(22)10-20-6-4-14(21)5-7-20/h8-9,12,14-15,21-22H,4-7,10-11H2,1-3H3. The van der Waals surface area contributed by atoms with Crippen LogP contribution in [0.5, 0.6) is 5.75 Å². The maximum atomic E-state index is 10.2. The van der Waals surface area contributed by atoms with Gasteiger partial charge in [-0.1, -0.05) is 25.4 Å². The molecule has 0 saturated carbocycles. The smallest absolute Gasteiger partial charge is 0.123 e. The highest BCUT2D eigenvalue weighted by Crippen LogP contribution is 2.32. The monoisotopic (exact) mass is 341 g/mol. The first-order valence-electron chi connectivity index (χ1n) is 8.38. The maximum Gasteiger partial charge on any atom is 0.123 e. The van der Waals surface area contributed by atoms with Crippen LogP contribution in [0.1, 0.15) is 43.7 Å². The van der Waals surface area contributed by atoms with Crippen molar-refractivity contribution in [1.29, 1.82) is 0 Å². The lowest BCUT2D eigenvalue weighted by Gasteiger charge is -2.31. The van der Waals surface area contributed by atoms with E-state index in [2.05, 4.69) is 18.7 Å². The first kappa shape index (κ1) is 18.5. The Labute approximate surface area is 144 Å². The van der Waals surface area contributed by atoms with E-state index in [9.17, 15) is 10.2 Å².